The number of benzene rings is 2. The van der Waals surface area contributed by atoms with Gasteiger partial charge in [-0.15, -0.1) is 10.2 Å². The molecule has 0 fully saturated rings. The van der Waals surface area contributed by atoms with Crippen LogP contribution in [-0.4, -0.2) is 30.3 Å². The molecule has 0 saturated carbocycles. The Morgan fingerprint density at radius 2 is 1.73 bits per heavy atom. The van der Waals surface area contributed by atoms with Crippen molar-refractivity contribution >= 4 is 17.4 Å². The second kappa shape index (κ2) is 8.11. The second-order valence-corrected chi connectivity index (χ2v) is 5.71. The Hall–Kier alpha value is -3.41. The van der Waals surface area contributed by atoms with Crippen molar-refractivity contribution in [1.29, 1.82) is 0 Å². The zero-order valence-corrected chi connectivity index (χ0v) is 14.7. The average Bonchev–Trinajstić information content (AvgIpc) is 2.72. The van der Waals surface area contributed by atoms with Crippen LogP contribution in [0.4, 0.5) is 11.5 Å². The molecule has 0 saturated heterocycles. The van der Waals surface area contributed by atoms with E-state index in [0.29, 0.717) is 18.1 Å². The van der Waals surface area contributed by atoms with Crippen molar-refractivity contribution in [3.05, 3.63) is 78.0 Å². The second-order valence-electron chi connectivity index (χ2n) is 5.71. The van der Waals surface area contributed by atoms with Gasteiger partial charge in [-0.3, -0.25) is 4.79 Å². The molecule has 0 atom stereocenters. The van der Waals surface area contributed by atoms with Crippen molar-refractivity contribution < 1.29 is 9.53 Å². The van der Waals surface area contributed by atoms with E-state index in [1.54, 1.807) is 31.2 Å². The average molecular weight is 348 g/mol. The molecule has 3 rings (SSSR count). The van der Waals surface area contributed by atoms with Crippen molar-refractivity contribution in [3.8, 4) is 5.75 Å². The molecule has 1 heterocycles. The summed E-state index contributed by atoms with van der Waals surface area (Å²) in [6.45, 7) is 0.607. The third-order valence-electron chi connectivity index (χ3n) is 3.96. The number of aromatic nitrogens is 2. The summed E-state index contributed by atoms with van der Waals surface area (Å²) in [5.74, 6) is 1.23. The number of carbonyl (C=O) groups is 1. The van der Waals surface area contributed by atoms with E-state index in [0.717, 1.165) is 17.0 Å². The molecule has 132 valence electrons. The molecule has 6 heteroatoms. The predicted molar refractivity (Wildman–Crippen MR) is 102 cm³/mol. The summed E-state index contributed by atoms with van der Waals surface area (Å²) in [5.41, 5.74) is 2.20. The number of carbonyl (C=O) groups excluding carboxylic acids is 1. The van der Waals surface area contributed by atoms with Crippen LogP contribution in [0.1, 0.15) is 16.1 Å². The van der Waals surface area contributed by atoms with Gasteiger partial charge in [-0.2, -0.15) is 0 Å². The first-order valence-corrected chi connectivity index (χ1v) is 8.21. The maximum absolute atomic E-state index is 12.5. The summed E-state index contributed by atoms with van der Waals surface area (Å²) in [6, 6.07) is 20.6. The maximum Gasteiger partial charge on any atom is 0.278 e. The highest BCUT2D eigenvalue weighted by molar-refractivity contribution is 6.04. The molecule has 6 nitrogen and oxygen atoms in total. The van der Waals surface area contributed by atoms with Gasteiger partial charge >= 0.3 is 0 Å². The van der Waals surface area contributed by atoms with Gasteiger partial charge in [0, 0.05) is 19.3 Å². The molecular formula is C20H20N4O2. The summed E-state index contributed by atoms with van der Waals surface area (Å²) in [6.07, 6.45) is 0. The SMILES string of the molecule is COc1ccc(CNc2ccc(C(=O)N(C)c3ccccc3)nn2)cc1. The Morgan fingerprint density at radius 1 is 1.00 bits per heavy atom. The van der Waals surface area contributed by atoms with E-state index in [1.165, 1.54) is 0 Å². The Labute approximate surface area is 152 Å². The fourth-order valence-electron chi connectivity index (χ4n) is 2.42. The van der Waals surface area contributed by atoms with E-state index < -0.39 is 0 Å². The molecule has 26 heavy (non-hydrogen) atoms. The third-order valence-corrected chi connectivity index (χ3v) is 3.96. The summed E-state index contributed by atoms with van der Waals surface area (Å²) in [5, 5.41) is 11.3. The van der Waals surface area contributed by atoms with E-state index in [1.807, 2.05) is 54.6 Å². The van der Waals surface area contributed by atoms with Gasteiger partial charge in [-0.1, -0.05) is 30.3 Å². The Balaban J connectivity index is 1.61. The van der Waals surface area contributed by atoms with E-state index in [2.05, 4.69) is 15.5 Å². The number of hydrogen-bond donors (Lipinski definition) is 1. The molecule has 1 N–H and O–H groups in total. The summed E-state index contributed by atoms with van der Waals surface area (Å²) in [4.78, 5) is 14.0. The summed E-state index contributed by atoms with van der Waals surface area (Å²) >= 11 is 0. The van der Waals surface area contributed by atoms with Crippen molar-refractivity contribution in [2.24, 2.45) is 0 Å². The monoisotopic (exact) mass is 348 g/mol. The quantitative estimate of drug-likeness (QED) is 0.740. The lowest BCUT2D eigenvalue weighted by Crippen LogP contribution is -2.27. The van der Waals surface area contributed by atoms with E-state index in [9.17, 15) is 4.79 Å². The van der Waals surface area contributed by atoms with Crippen molar-refractivity contribution in [2.45, 2.75) is 6.54 Å². The van der Waals surface area contributed by atoms with Crippen LogP contribution in [0, 0.1) is 0 Å². The fourth-order valence-corrected chi connectivity index (χ4v) is 2.42. The molecular weight excluding hydrogens is 328 g/mol. The van der Waals surface area contributed by atoms with E-state index >= 15 is 0 Å². The number of rotatable bonds is 6. The first-order valence-electron chi connectivity index (χ1n) is 8.21. The minimum absolute atomic E-state index is 0.203. The largest absolute Gasteiger partial charge is 0.497 e. The number of nitrogens with zero attached hydrogens (tertiary/aromatic N) is 3. The molecule has 1 aromatic heterocycles. The minimum Gasteiger partial charge on any atom is -0.497 e. The summed E-state index contributed by atoms with van der Waals surface area (Å²) < 4.78 is 5.14. The highest BCUT2D eigenvalue weighted by atomic mass is 16.5. The zero-order chi connectivity index (χ0) is 18.4. The maximum atomic E-state index is 12.5. The third kappa shape index (κ3) is 4.16. The molecule has 0 aliphatic heterocycles. The topological polar surface area (TPSA) is 67.3 Å². The van der Waals surface area contributed by atoms with Gasteiger partial charge in [0.1, 0.15) is 11.6 Å². The van der Waals surface area contributed by atoms with Gasteiger partial charge in [-0.25, -0.2) is 0 Å². The van der Waals surface area contributed by atoms with Crippen LogP contribution in [-0.2, 0) is 6.54 Å². The predicted octanol–water partition coefficient (Wildman–Crippen LogP) is 3.37. The lowest BCUT2D eigenvalue weighted by molar-refractivity contribution is 0.0987. The van der Waals surface area contributed by atoms with Crippen LogP contribution >= 0.6 is 0 Å². The molecule has 0 spiro atoms. The fraction of sp³-hybridized carbons (Fsp3) is 0.150. The van der Waals surface area contributed by atoms with Gasteiger partial charge in [0.15, 0.2) is 5.69 Å². The Bertz CT molecular complexity index is 849. The number of amides is 1. The number of methoxy groups -OCH3 is 1. The molecule has 0 bridgehead atoms. The lowest BCUT2D eigenvalue weighted by Gasteiger charge is -2.16. The molecule has 2 aromatic carbocycles. The highest BCUT2D eigenvalue weighted by Crippen LogP contribution is 2.15. The van der Waals surface area contributed by atoms with Gasteiger partial charge in [0.2, 0.25) is 0 Å². The van der Waals surface area contributed by atoms with Crippen molar-refractivity contribution in [3.63, 3.8) is 0 Å². The molecule has 0 aliphatic rings. The van der Waals surface area contributed by atoms with Crippen LogP contribution in [0.3, 0.4) is 0 Å². The number of hydrogen-bond acceptors (Lipinski definition) is 5. The van der Waals surface area contributed by atoms with Crippen LogP contribution in [0.25, 0.3) is 0 Å². The van der Waals surface area contributed by atoms with Crippen LogP contribution in [0.15, 0.2) is 66.7 Å². The Morgan fingerprint density at radius 3 is 2.35 bits per heavy atom. The smallest absolute Gasteiger partial charge is 0.278 e. The number of nitrogens with one attached hydrogen (secondary N) is 1. The molecule has 0 radical (unpaired) electrons. The van der Waals surface area contributed by atoms with Gasteiger partial charge in [0.25, 0.3) is 5.91 Å². The highest BCUT2D eigenvalue weighted by Gasteiger charge is 2.15. The first kappa shape index (κ1) is 17.4. The Kier molecular flexibility index (Phi) is 5.43. The molecule has 1 amide bonds. The first-order chi connectivity index (χ1) is 12.7. The van der Waals surface area contributed by atoms with Gasteiger partial charge < -0.3 is 15.0 Å². The van der Waals surface area contributed by atoms with Crippen molar-refractivity contribution in [2.75, 3.05) is 24.4 Å². The number of para-hydroxylation sites is 1. The zero-order valence-electron chi connectivity index (χ0n) is 14.7. The van der Waals surface area contributed by atoms with Crippen molar-refractivity contribution in [1.82, 2.24) is 10.2 Å². The minimum atomic E-state index is -0.203. The summed E-state index contributed by atoms with van der Waals surface area (Å²) in [7, 11) is 3.36. The van der Waals surface area contributed by atoms with Crippen LogP contribution in [0.2, 0.25) is 0 Å². The molecule has 0 aliphatic carbocycles. The van der Waals surface area contributed by atoms with E-state index in [4.69, 9.17) is 4.74 Å². The van der Waals surface area contributed by atoms with Crippen LogP contribution < -0.4 is 15.0 Å². The number of anilines is 2. The van der Waals surface area contributed by atoms with Crippen LogP contribution in [0.5, 0.6) is 5.75 Å². The van der Waals surface area contributed by atoms with E-state index in [-0.39, 0.29) is 5.91 Å². The normalized spacial score (nSPS) is 10.2. The van der Waals surface area contributed by atoms with Gasteiger partial charge in [-0.05, 0) is 42.0 Å². The lowest BCUT2D eigenvalue weighted by atomic mass is 10.2. The molecule has 3 aromatic rings. The standard InChI is InChI=1S/C20H20N4O2/c1-24(16-6-4-3-5-7-16)20(25)18-12-13-19(23-22-18)21-14-15-8-10-17(26-2)11-9-15/h3-13H,14H2,1-2H3,(H,21,23). The molecule has 0 unspecified atom stereocenters. The number of ether oxygens (including phenoxy) is 1. The van der Waals surface area contributed by atoms with Gasteiger partial charge in [0.05, 0.1) is 7.11 Å².